The lowest BCUT2D eigenvalue weighted by atomic mass is 10.1. The van der Waals surface area contributed by atoms with Crippen LogP contribution >= 0.6 is 11.3 Å². The third kappa shape index (κ3) is 3.90. The predicted molar refractivity (Wildman–Crippen MR) is 103 cm³/mol. The first-order valence-electron chi connectivity index (χ1n) is 11.7. The van der Waals surface area contributed by atoms with Crippen LogP contribution in [0.3, 0.4) is 0 Å². The third-order valence-electron chi connectivity index (χ3n) is 3.66. The maximum absolute atomic E-state index is 12.7. The molecular formula is C19H20N4O2S. The molecule has 0 saturated carbocycles. The van der Waals surface area contributed by atoms with Crippen molar-refractivity contribution >= 4 is 33.8 Å². The normalized spacial score (nSPS) is 27.6. The van der Waals surface area contributed by atoms with Crippen LogP contribution in [-0.2, 0) is 9.53 Å². The molecule has 26 heavy (non-hydrogen) atoms. The fourth-order valence-corrected chi connectivity index (χ4v) is 3.25. The Morgan fingerprint density at radius 3 is 2.88 bits per heavy atom. The Hall–Kier alpha value is -2.35. The van der Waals surface area contributed by atoms with Crippen molar-refractivity contribution in [1.82, 2.24) is 14.9 Å². The molecule has 1 saturated heterocycles. The fraction of sp³-hybridized carbons (Fsp3) is 0.316. The van der Waals surface area contributed by atoms with Crippen LogP contribution in [0.15, 0.2) is 36.7 Å². The van der Waals surface area contributed by atoms with Crippen molar-refractivity contribution in [3.63, 3.8) is 0 Å². The summed E-state index contributed by atoms with van der Waals surface area (Å²) in [7, 11) is 0. The summed E-state index contributed by atoms with van der Waals surface area (Å²) in [4.78, 5) is 22.3. The van der Waals surface area contributed by atoms with Crippen LogP contribution in [-0.4, -0.2) is 53.4 Å². The molecule has 6 nitrogen and oxygen atoms in total. The summed E-state index contributed by atoms with van der Waals surface area (Å²) in [5.74, 6) is -0.780. The standard InChI is InChI=1S/C19H20N4O2S/c1-13-20-11-17(26-13)14-2-3-15-10-21-18(9-16(15)8-14)22-19(24)12-23-4-6-25-7-5-23/h2-3,8-11H,4-7,12H2,1H3,(H,21,22,24)/i4D2,5D2,6D2,7D2. The summed E-state index contributed by atoms with van der Waals surface area (Å²) in [5.41, 5.74) is 0.931. The molecule has 0 atom stereocenters. The Labute approximate surface area is 167 Å². The molecule has 0 spiro atoms. The third-order valence-corrected chi connectivity index (χ3v) is 4.62. The maximum atomic E-state index is 12.7. The first-order chi connectivity index (χ1) is 15.6. The zero-order valence-corrected chi connectivity index (χ0v) is 14.6. The van der Waals surface area contributed by atoms with Crippen molar-refractivity contribution in [2.45, 2.75) is 6.92 Å². The Morgan fingerprint density at radius 1 is 1.27 bits per heavy atom. The number of hydrogen-bond donors (Lipinski definition) is 1. The quantitative estimate of drug-likeness (QED) is 0.758. The van der Waals surface area contributed by atoms with Gasteiger partial charge in [-0.2, -0.15) is 0 Å². The average Bonchev–Trinajstić information content (AvgIpc) is 3.16. The van der Waals surface area contributed by atoms with Gasteiger partial charge in [0.25, 0.3) is 0 Å². The molecule has 134 valence electrons. The summed E-state index contributed by atoms with van der Waals surface area (Å²) >= 11 is 1.54. The van der Waals surface area contributed by atoms with Gasteiger partial charge in [-0.15, -0.1) is 11.3 Å². The highest BCUT2D eigenvalue weighted by Crippen LogP contribution is 2.29. The molecule has 1 fully saturated rings. The van der Waals surface area contributed by atoms with Crippen LogP contribution in [0.1, 0.15) is 16.0 Å². The van der Waals surface area contributed by atoms with Crippen molar-refractivity contribution < 1.29 is 20.5 Å². The van der Waals surface area contributed by atoms with Gasteiger partial charge in [-0.1, -0.05) is 12.1 Å². The summed E-state index contributed by atoms with van der Waals surface area (Å²) in [5, 5.41) is 4.95. The molecule has 1 aliphatic heterocycles. The van der Waals surface area contributed by atoms with Gasteiger partial charge in [-0.25, -0.2) is 9.97 Å². The number of aryl methyl sites for hydroxylation is 1. The van der Waals surface area contributed by atoms with Gasteiger partial charge in [0.2, 0.25) is 5.91 Å². The molecule has 1 amide bonds. The fourth-order valence-electron chi connectivity index (χ4n) is 2.47. The molecular weight excluding hydrogens is 348 g/mol. The highest BCUT2D eigenvalue weighted by atomic mass is 32.1. The van der Waals surface area contributed by atoms with E-state index < -0.39 is 38.6 Å². The van der Waals surface area contributed by atoms with E-state index in [1.807, 2.05) is 25.1 Å². The largest absolute Gasteiger partial charge is 0.379 e. The van der Waals surface area contributed by atoms with E-state index in [2.05, 4.69) is 20.0 Å². The van der Waals surface area contributed by atoms with Crippen LogP contribution in [0, 0.1) is 6.92 Å². The van der Waals surface area contributed by atoms with E-state index in [0.29, 0.717) is 0 Å². The number of rotatable bonds is 4. The van der Waals surface area contributed by atoms with Gasteiger partial charge < -0.3 is 10.1 Å². The number of ether oxygens (including phenoxy) is 1. The zero-order chi connectivity index (χ0) is 25.1. The Bertz CT molecular complexity index is 1240. The second-order valence-electron chi connectivity index (χ2n) is 5.54. The number of carbonyl (C=O) groups excluding carboxylic acids is 1. The Morgan fingerprint density at radius 2 is 2.12 bits per heavy atom. The molecule has 0 bridgehead atoms. The van der Waals surface area contributed by atoms with Gasteiger partial charge in [0.15, 0.2) is 0 Å². The minimum Gasteiger partial charge on any atom is -0.379 e. The molecule has 0 aliphatic carbocycles. The molecule has 1 N–H and O–H groups in total. The lowest BCUT2D eigenvalue weighted by molar-refractivity contribution is -0.118. The summed E-state index contributed by atoms with van der Waals surface area (Å²) < 4.78 is 67.3. The van der Waals surface area contributed by atoms with E-state index in [1.165, 1.54) is 17.5 Å². The Kier molecular flexibility index (Phi) is 2.91. The molecule has 7 heteroatoms. The van der Waals surface area contributed by atoms with Crippen LogP contribution < -0.4 is 5.32 Å². The molecule has 1 aromatic carbocycles. The number of anilines is 1. The first-order valence-corrected chi connectivity index (χ1v) is 8.56. The number of nitrogens with zero attached hydrogens (tertiary/aromatic N) is 3. The zero-order valence-electron chi connectivity index (χ0n) is 21.7. The number of pyridine rings is 1. The number of carbonyl (C=O) groups is 1. The topological polar surface area (TPSA) is 67.3 Å². The van der Waals surface area contributed by atoms with Crippen molar-refractivity contribution in [3.8, 4) is 10.4 Å². The van der Waals surface area contributed by atoms with Gasteiger partial charge in [0.05, 0.1) is 35.0 Å². The lowest BCUT2D eigenvalue weighted by Crippen LogP contribution is -2.41. The molecule has 2 aromatic heterocycles. The number of morpholine rings is 1. The van der Waals surface area contributed by atoms with Crippen molar-refractivity contribution in [2.75, 3.05) is 38.0 Å². The van der Waals surface area contributed by atoms with Crippen LogP contribution in [0.25, 0.3) is 21.2 Å². The monoisotopic (exact) mass is 376 g/mol. The second kappa shape index (κ2) is 7.49. The van der Waals surface area contributed by atoms with Crippen LogP contribution in [0.2, 0.25) is 0 Å². The highest BCUT2D eigenvalue weighted by molar-refractivity contribution is 7.15. The van der Waals surface area contributed by atoms with Crippen LogP contribution in [0.4, 0.5) is 5.82 Å². The van der Waals surface area contributed by atoms with Crippen molar-refractivity contribution in [2.24, 2.45) is 0 Å². The first kappa shape index (κ1) is 10.1. The van der Waals surface area contributed by atoms with Gasteiger partial charge >= 0.3 is 0 Å². The van der Waals surface area contributed by atoms with E-state index in [9.17, 15) is 4.79 Å². The SMILES string of the molecule is [2H]C1([2H])OC([2H])([2H])C([2H])([2H])N(CC(=O)Nc2cc3cc(-c4cnc(C)s4)ccc3cn2)C1([2H])[2H]. The van der Waals surface area contributed by atoms with Crippen molar-refractivity contribution in [3.05, 3.63) is 41.7 Å². The van der Waals surface area contributed by atoms with Gasteiger partial charge in [0, 0.05) is 36.3 Å². The molecule has 3 aromatic rings. The Balaban J connectivity index is 1.58. The maximum Gasteiger partial charge on any atom is 0.239 e. The van der Waals surface area contributed by atoms with E-state index in [4.69, 9.17) is 11.0 Å². The number of amides is 1. The van der Waals surface area contributed by atoms with E-state index in [1.54, 1.807) is 12.3 Å². The molecule has 0 unspecified atom stereocenters. The summed E-state index contributed by atoms with van der Waals surface area (Å²) in [6, 6.07) is 7.31. The van der Waals surface area contributed by atoms with E-state index >= 15 is 0 Å². The molecule has 3 heterocycles. The number of aromatic nitrogens is 2. The molecule has 1 aliphatic rings. The van der Waals surface area contributed by atoms with Crippen molar-refractivity contribution in [1.29, 1.82) is 0 Å². The minimum atomic E-state index is -3.21. The van der Waals surface area contributed by atoms with E-state index in [-0.39, 0.29) is 10.7 Å². The predicted octanol–water partition coefficient (Wildman–Crippen LogP) is 2.94. The van der Waals surface area contributed by atoms with Gasteiger partial charge in [0.1, 0.15) is 5.82 Å². The number of nitrogens with one attached hydrogen (secondary N) is 1. The highest BCUT2D eigenvalue weighted by Gasteiger charge is 2.14. The van der Waals surface area contributed by atoms with Gasteiger partial charge in [-0.05, 0) is 30.0 Å². The smallest absolute Gasteiger partial charge is 0.239 e. The molecule has 4 rings (SSSR count). The van der Waals surface area contributed by atoms with Gasteiger partial charge in [-0.3, -0.25) is 9.69 Å². The summed E-state index contributed by atoms with van der Waals surface area (Å²) in [6.45, 7) is -11.8. The number of hydrogen-bond acceptors (Lipinski definition) is 6. The number of benzene rings is 1. The number of thiazole rings is 1. The summed E-state index contributed by atoms with van der Waals surface area (Å²) in [6.07, 6.45) is 3.31. The van der Waals surface area contributed by atoms with E-state index in [0.717, 1.165) is 26.2 Å². The lowest BCUT2D eigenvalue weighted by Gasteiger charge is -2.25. The average molecular weight is 377 g/mol. The molecule has 0 radical (unpaired) electrons. The second-order valence-corrected chi connectivity index (χ2v) is 6.77. The van der Waals surface area contributed by atoms with Crippen LogP contribution in [0.5, 0.6) is 0 Å². The minimum absolute atomic E-state index is 0.121. The number of fused-ring (bicyclic) bond motifs is 1.